The van der Waals surface area contributed by atoms with Crippen molar-refractivity contribution in [2.75, 3.05) is 0 Å². The molecule has 0 radical (unpaired) electrons. The van der Waals surface area contributed by atoms with Gasteiger partial charge in [0.05, 0.1) is 5.71 Å². The molecule has 2 aromatic rings. The molecule has 1 aliphatic heterocycles. The van der Waals surface area contributed by atoms with Crippen molar-refractivity contribution in [2.24, 2.45) is 5.16 Å². The van der Waals surface area contributed by atoms with Gasteiger partial charge in [-0.2, -0.15) is 0 Å². The van der Waals surface area contributed by atoms with Gasteiger partial charge in [-0.3, -0.25) is 0 Å². The Bertz CT molecular complexity index is 660. The largest absolute Gasteiger partial charge is 0.487 e. The van der Waals surface area contributed by atoms with Crippen molar-refractivity contribution in [3.05, 3.63) is 54.1 Å². The summed E-state index contributed by atoms with van der Waals surface area (Å²) in [6.45, 7) is 3.98. The topological polar surface area (TPSA) is 41.8 Å². The molecule has 2 aromatic carbocycles. The zero-order valence-corrected chi connectivity index (χ0v) is 11.6. The summed E-state index contributed by atoms with van der Waals surface area (Å²) in [6, 6.07) is 16.1. The molecule has 0 saturated heterocycles. The summed E-state index contributed by atoms with van der Waals surface area (Å²) in [5.74, 6) is 0.772. The number of ether oxygens (including phenoxy) is 1. The van der Waals surface area contributed by atoms with E-state index >= 15 is 0 Å². The second-order valence-electron chi connectivity index (χ2n) is 5.66. The van der Waals surface area contributed by atoms with Gasteiger partial charge in [0, 0.05) is 12.0 Å². The van der Waals surface area contributed by atoms with E-state index in [2.05, 4.69) is 17.3 Å². The highest BCUT2D eigenvalue weighted by Crippen LogP contribution is 2.35. The molecule has 0 aromatic heterocycles. The van der Waals surface area contributed by atoms with Crippen LogP contribution in [0.15, 0.2) is 53.7 Å². The predicted molar refractivity (Wildman–Crippen MR) is 79.5 cm³/mol. The molecule has 0 spiro atoms. The molecule has 102 valence electrons. The lowest BCUT2D eigenvalue weighted by atomic mass is 9.90. The average molecular weight is 267 g/mol. The second kappa shape index (κ2) is 4.67. The molecule has 1 heterocycles. The van der Waals surface area contributed by atoms with Gasteiger partial charge in [0.2, 0.25) is 0 Å². The third kappa shape index (κ3) is 2.27. The molecule has 3 nitrogen and oxygen atoms in total. The van der Waals surface area contributed by atoms with Crippen LogP contribution in [0.2, 0.25) is 0 Å². The Hall–Kier alpha value is -2.29. The number of hydrogen-bond donors (Lipinski definition) is 1. The van der Waals surface area contributed by atoms with Crippen LogP contribution >= 0.6 is 0 Å². The van der Waals surface area contributed by atoms with Gasteiger partial charge in [0.1, 0.15) is 11.4 Å². The van der Waals surface area contributed by atoms with Crippen LogP contribution in [0.25, 0.3) is 11.1 Å². The molecule has 0 atom stereocenters. The van der Waals surface area contributed by atoms with E-state index in [4.69, 9.17) is 4.74 Å². The fourth-order valence-electron chi connectivity index (χ4n) is 2.58. The van der Waals surface area contributed by atoms with Crippen molar-refractivity contribution >= 4 is 5.71 Å². The monoisotopic (exact) mass is 267 g/mol. The lowest BCUT2D eigenvalue weighted by Crippen LogP contribution is -2.36. The number of rotatable bonds is 1. The van der Waals surface area contributed by atoms with Gasteiger partial charge in [-0.15, -0.1) is 0 Å². The number of oxime groups is 1. The van der Waals surface area contributed by atoms with Crippen molar-refractivity contribution in [1.29, 1.82) is 0 Å². The first-order valence-electron chi connectivity index (χ1n) is 6.69. The quantitative estimate of drug-likeness (QED) is 0.624. The Morgan fingerprint density at radius 3 is 2.50 bits per heavy atom. The minimum absolute atomic E-state index is 0.344. The number of benzene rings is 2. The van der Waals surface area contributed by atoms with Crippen LogP contribution in [0.4, 0.5) is 0 Å². The minimum Gasteiger partial charge on any atom is -0.487 e. The Morgan fingerprint density at radius 1 is 1.05 bits per heavy atom. The number of fused-ring (bicyclic) bond motifs is 1. The van der Waals surface area contributed by atoms with Crippen molar-refractivity contribution < 1.29 is 9.94 Å². The number of hydrogen-bond acceptors (Lipinski definition) is 3. The molecule has 20 heavy (non-hydrogen) atoms. The number of nitrogens with zero attached hydrogens (tertiary/aromatic N) is 1. The lowest BCUT2D eigenvalue weighted by Gasteiger charge is -2.33. The third-order valence-corrected chi connectivity index (χ3v) is 3.50. The van der Waals surface area contributed by atoms with E-state index in [0.717, 1.165) is 22.4 Å². The first-order chi connectivity index (χ1) is 9.59. The van der Waals surface area contributed by atoms with Crippen LogP contribution < -0.4 is 4.74 Å². The van der Waals surface area contributed by atoms with E-state index < -0.39 is 0 Å². The van der Waals surface area contributed by atoms with E-state index in [9.17, 15) is 5.21 Å². The van der Waals surface area contributed by atoms with Gasteiger partial charge in [-0.25, -0.2) is 0 Å². The van der Waals surface area contributed by atoms with Crippen LogP contribution in [0.5, 0.6) is 5.75 Å². The lowest BCUT2D eigenvalue weighted by molar-refractivity contribution is 0.110. The molecule has 0 aliphatic carbocycles. The maximum absolute atomic E-state index is 9.26. The molecule has 0 bridgehead atoms. The zero-order chi connectivity index (χ0) is 14.2. The summed E-state index contributed by atoms with van der Waals surface area (Å²) in [6.07, 6.45) is 0.592. The maximum Gasteiger partial charge on any atom is 0.129 e. The summed E-state index contributed by atoms with van der Waals surface area (Å²) in [5, 5.41) is 12.7. The van der Waals surface area contributed by atoms with Gasteiger partial charge >= 0.3 is 0 Å². The third-order valence-electron chi connectivity index (χ3n) is 3.50. The average Bonchev–Trinajstić information content (AvgIpc) is 2.46. The molecule has 0 fully saturated rings. The van der Waals surface area contributed by atoms with E-state index in [1.807, 2.05) is 50.2 Å². The van der Waals surface area contributed by atoms with Gasteiger partial charge in [-0.05, 0) is 37.1 Å². The fourth-order valence-corrected chi connectivity index (χ4v) is 2.58. The van der Waals surface area contributed by atoms with Gasteiger partial charge < -0.3 is 9.94 Å². The Kier molecular flexibility index (Phi) is 2.97. The first-order valence-corrected chi connectivity index (χ1v) is 6.69. The molecule has 0 saturated carbocycles. The first kappa shape index (κ1) is 12.7. The highest BCUT2D eigenvalue weighted by atomic mass is 16.5. The van der Waals surface area contributed by atoms with E-state index in [1.54, 1.807) is 0 Å². The summed E-state index contributed by atoms with van der Waals surface area (Å²) in [5.41, 5.74) is 3.43. The standard InChI is InChI=1S/C17H17NO2/c1-17(2)11-15(18-19)14-10-13(8-9-16(14)20-17)12-6-4-3-5-7-12/h3-10,19H,11H2,1-2H3/b18-15+. The highest BCUT2D eigenvalue weighted by molar-refractivity contribution is 6.04. The summed E-state index contributed by atoms with van der Waals surface area (Å²) < 4.78 is 5.95. The molecule has 0 unspecified atom stereocenters. The summed E-state index contributed by atoms with van der Waals surface area (Å²) >= 11 is 0. The van der Waals surface area contributed by atoms with Crippen molar-refractivity contribution in [3.8, 4) is 16.9 Å². The van der Waals surface area contributed by atoms with Gasteiger partial charge in [0.25, 0.3) is 0 Å². The SMILES string of the molecule is CC1(C)C/C(=N\O)c2cc(-c3ccccc3)ccc2O1. The molecule has 0 amide bonds. The van der Waals surface area contributed by atoms with Crippen LogP contribution in [0.1, 0.15) is 25.8 Å². The maximum atomic E-state index is 9.26. The van der Waals surface area contributed by atoms with Crippen molar-refractivity contribution in [3.63, 3.8) is 0 Å². The fraction of sp³-hybridized carbons (Fsp3) is 0.235. The van der Waals surface area contributed by atoms with E-state index in [0.29, 0.717) is 12.1 Å². The summed E-state index contributed by atoms with van der Waals surface area (Å²) in [7, 11) is 0. The molecular formula is C17H17NO2. The van der Waals surface area contributed by atoms with Gasteiger partial charge in [-0.1, -0.05) is 41.6 Å². The normalized spacial score (nSPS) is 18.4. The smallest absolute Gasteiger partial charge is 0.129 e. The predicted octanol–water partition coefficient (Wildman–Crippen LogP) is 4.09. The highest BCUT2D eigenvalue weighted by Gasteiger charge is 2.31. The Labute approximate surface area is 118 Å². The Morgan fingerprint density at radius 2 is 1.80 bits per heavy atom. The molecular weight excluding hydrogens is 250 g/mol. The van der Waals surface area contributed by atoms with Crippen molar-refractivity contribution in [1.82, 2.24) is 0 Å². The minimum atomic E-state index is -0.344. The van der Waals surface area contributed by atoms with Crippen molar-refractivity contribution in [2.45, 2.75) is 25.9 Å². The van der Waals surface area contributed by atoms with E-state index in [1.165, 1.54) is 0 Å². The zero-order valence-electron chi connectivity index (χ0n) is 11.6. The molecule has 1 N–H and O–H groups in total. The van der Waals surface area contributed by atoms with Gasteiger partial charge in [0.15, 0.2) is 0 Å². The van der Waals surface area contributed by atoms with Crippen LogP contribution in [-0.2, 0) is 0 Å². The molecule has 1 aliphatic rings. The van der Waals surface area contributed by atoms with Crippen LogP contribution in [0.3, 0.4) is 0 Å². The van der Waals surface area contributed by atoms with Crippen LogP contribution in [0, 0.1) is 0 Å². The van der Waals surface area contributed by atoms with E-state index in [-0.39, 0.29) is 5.60 Å². The second-order valence-corrected chi connectivity index (χ2v) is 5.66. The van der Waals surface area contributed by atoms with Crippen LogP contribution in [-0.4, -0.2) is 16.5 Å². The Balaban J connectivity index is 2.10. The summed E-state index contributed by atoms with van der Waals surface area (Å²) in [4.78, 5) is 0. The molecule has 3 heteroatoms. The molecule has 3 rings (SSSR count).